The summed E-state index contributed by atoms with van der Waals surface area (Å²) in [5, 5.41) is 6.72. The third-order valence-corrected chi connectivity index (χ3v) is 5.36. The number of hydrazone groups is 1. The molecule has 0 saturated heterocycles. The Bertz CT molecular complexity index is 590. The van der Waals surface area contributed by atoms with E-state index in [0.717, 1.165) is 19.0 Å². The Morgan fingerprint density at radius 3 is 2.91 bits per heavy atom. The second-order valence-corrected chi connectivity index (χ2v) is 7.42. The molecule has 2 aliphatic rings. The molecule has 5 heteroatoms. The Morgan fingerprint density at radius 1 is 1.35 bits per heavy atom. The van der Waals surface area contributed by atoms with Gasteiger partial charge in [-0.3, -0.25) is 9.71 Å². The van der Waals surface area contributed by atoms with Gasteiger partial charge in [0.25, 0.3) is 0 Å². The zero-order valence-corrected chi connectivity index (χ0v) is 14.9. The maximum absolute atomic E-state index is 4.66. The highest BCUT2D eigenvalue weighted by Crippen LogP contribution is 2.38. The van der Waals surface area contributed by atoms with Gasteiger partial charge in [-0.15, -0.1) is 0 Å². The highest BCUT2D eigenvalue weighted by atomic mass is 32.2. The summed E-state index contributed by atoms with van der Waals surface area (Å²) in [4.78, 5) is 5.82. The summed E-state index contributed by atoms with van der Waals surface area (Å²) >= 11 is 1.61. The molecule has 4 nitrogen and oxygen atoms in total. The molecule has 3 rings (SSSR count). The molecule has 23 heavy (non-hydrogen) atoms. The number of rotatable bonds is 3. The SMILES string of the molecule is CCN=C(NSc1cccc(C)c1)N1CC2(C=N1)CCCCC2. The van der Waals surface area contributed by atoms with Crippen LogP contribution in [-0.4, -0.2) is 30.3 Å². The van der Waals surface area contributed by atoms with E-state index in [2.05, 4.69) is 64.2 Å². The van der Waals surface area contributed by atoms with Gasteiger partial charge in [-0.05, 0) is 56.3 Å². The largest absolute Gasteiger partial charge is 0.295 e. The van der Waals surface area contributed by atoms with Crippen LogP contribution in [0.5, 0.6) is 0 Å². The third-order valence-electron chi connectivity index (χ3n) is 4.59. The summed E-state index contributed by atoms with van der Waals surface area (Å²) < 4.78 is 3.41. The molecule has 1 aliphatic carbocycles. The van der Waals surface area contributed by atoms with Gasteiger partial charge in [-0.1, -0.05) is 31.4 Å². The van der Waals surface area contributed by atoms with Crippen LogP contribution in [0.4, 0.5) is 0 Å². The quantitative estimate of drug-likeness (QED) is 0.512. The summed E-state index contributed by atoms with van der Waals surface area (Å²) in [6.45, 7) is 5.90. The van der Waals surface area contributed by atoms with Crippen molar-refractivity contribution >= 4 is 24.1 Å². The molecule has 1 spiro atoms. The minimum absolute atomic E-state index is 0.280. The summed E-state index contributed by atoms with van der Waals surface area (Å²) in [5.74, 6) is 0.873. The first-order valence-corrected chi connectivity index (χ1v) is 9.39. The van der Waals surface area contributed by atoms with Gasteiger partial charge in [0.15, 0.2) is 0 Å². The highest BCUT2D eigenvalue weighted by Gasteiger charge is 2.37. The molecule has 0 radical (unpaired) electrons. The Morgan fingerprint density at radius 2 is 2.17 bits per heavy atom. The van der Waals surface area contributed by atoms with Crippen LogP contribution in [0, 0.1) is 12.3 Å². The molecule has 1 fully saturated rings. The smallest absolute Gasteiger partial charge is 0.225 e. The first kappa shape index (κ1) is 16.4. The van der Waals surface area contributed by atoms with Gasteiger partial charge < -0.3 is 0 Å². The van der Waals surface area contributed by atoms with Gasteiger partial charge in [-0.2, -0.15) is 5.10 Å². The van der Waals surface area contributed by atoms with E-state index in [1.807, 2.05) is 0 Å². The summed E-state index contributed by atoms with van der Waals surface area (Å²) in [6, 6.07) is 8.49. The van der Waals surface area contributed by atoms with E-state index in [1.165, 1.54) is 42.6 Å². The molecule has 1 saturated carbocycles. The van der Waals surface area contributed by atoms with E-state index >= 15 is 0 Å². The van der Waals surface area contributed by atoms with Crippen molar-refractivity contribution < 1.29 is 0 Å². The van der Waals surface area contributed by atoms with Crippen LogP contribution in [0.2, 0.25) is 0 Å². The van der Waals surface area contributed by atoms with E-state index in [9.17, 15) is 0 Å². The molecule has 1 aliphatic heterocycles. The summed E-state index contributed by atoms with van der Waals surface area (Å²) in [7, 11) is 0. The second-order valence-electron chi connectivity index (χ2n) is 6.54. The molecular weight excluding hydrogens is 304 g/mol. The fourth-order valence-corrected chi connectivity index (χ4v) is 4.12. The standard InChI is InChI=1S/C18H26N4S/c1-3-19-17(21-23-16-9-7-8-15(2)12-16)22-14-18(13-20-22)10-5-4-6-11-18/h7-9,12-13H,3-6,10-11,14H2,1-2H3,(H,19,21). The Hall–Kier alpha value is -1.49. The van der Waals surface area contributed by atoms with Gasteiger partial charge in [0, 0.05) is 23.1 Å². The monoisotopic (exact) mass is 330 g/mol. The number of nitrogens with zero attached hydrogens (tertiary/aromatic N) is 3. The minimum Gasteiger partial charge on any atom is -0.295 e. The number of aryl methyl sites for hydroxylation is 1. The van der Waals surface area contributed by atoms with E-state index in [0.29, 0.717) is 0 Å². The van der Waals surface area contributed by atoms with Crippen LogP contribution in [-0.2, 0) is 0 Å². The molecule has 0 atom stereocenters. The molecule has 124 valence electrons. The van der Waals surface area contributed by atoms with Crippen LogP contribution in [0.25, 0.3) is 0 Å². The predicted octanol–water partition coefficient (Wildman–Crippen LogP) is 4.22. The van der Waals surface area contributed by atoms with Gasteiger partial charge >= 0.3 is 0 Å². The van der Waals surface area contributed by atoms with Crippen LogP contribution in [0.1, 0.15) is 44.6 Å². The van der Waals surface area contributed by atoms with E-state index in [-0.39, 0.29) is 5.41 Å². The molecule has 1 aromatic carbocycles. The van der Waals surface area contributed by atoms with E-state index < -0.39 is 0 Å². The molecule has 0 bridgehead atoms. The Balaban J connectivity index is 1.63. The first-order valence-electron chi connectivity index (χ1n) is 8.57. The van der Waals surface area contributed by atoms with Gasteiger partial charge in [0.1, 0.15) is 0 Å². The molecule has 0 amide bonds. The highest BCUT2D eigenvalue weighted by molar-refractivity contribution is 7.98. The van der Waals surface area contributed by atoms with Crippen molar-refractivity contribution in [1.29, 1.82) is 0 Å². The fourth-order valence-electron chi connectivity index (χ4n) is 3.34. The molecular formula is C18H26N4S. The molecule has 1 aromatic rings. The Kier molecular flexibility index (Phi) is 5.26. The molecule has 1 heterocycles. The van der Waals surface area contributed by atoms with Crippen LogP contribution in [0.3, 0.4) is 0 Å². The second kappa shape index (κ2) is 7.39. The van der Waals surface area contributed by atoms with Gasteiger partial charge in [-0.25, -0.2) is 5.01 Å². The van der Waals surface area contributed by atoms with Crippen molar-refractivity contribution in [3.8, 4) is 0 Å². The number of guanidine groups is 1. The Labute approximate surface area is 143 Å². The number of benzene rings is 1. The van der Waals surface area contributed by atoms with Crippen molar-refractivity contribution in [1.82, 2.24) is 9.73 Å². The van der Waals surface area contributed by atoms with Crippen molar-refractivity contribution in [3.05, 3.63) is 29.8 Å². The number of nitrogens with one attached hydrogen (secondary N) is 1. The third kappa shape index (κ3) is 4.08. The number of hydrogen-bond donors (Lipinski definition) is 1. The number of aliphatic imine (C=N–C) groups is 1. The van der Waals surface area contributed by atoms with E-state index in [1.54, 1.807) is 11.9 Å². The lowest BCUT2D eigenvalue weighted by Crippen LogP contribution is -2.39. The lowest BCUT2D eigenvalue weighted by atomic mass is 9.75. The van der Waals surface area contributed by atoms with Crippen molar-refractivity contribution in [3.63, 3.8) is 0 Å². The molecule has 0 aromatic heterocycles. The lowest BCUT2D eigenvalue weighted by molar-refractivity contribution is 0.254. The van der Waals surface area contributed by atoms with Crippen molar-refractivity contribution in [2.45, 2.75) is 50.8 Å². The van der Waals surface area contributed by atoms with Crippen LogP contribution in [0.15, 0.2) is 39.3 Å². The zero-order chi connectivity index (χ0) is 16.1. The fraction of sp³-hybridized carbons (Fsp3) is 0.556. The van der Waals surface area contributed by atoms with Crippen molar-refractivity contribution in [2.75, 3.05) is 13.1 Å². The summed E-state index contributed by atoms with van der Waals surface area (Å²) in [5.41, 5.74) is 1.55. The lowest BCUT2D eigenvalue weighted by Gasteiger charge is -2.31. The van der Waals surface area contributed by atoms with Crippen molar-refractivity contribution in [2.24, 2.45) is 15.5 Å². The normalized spacial score (nSPS) is 20.3. The average molecular weight is 331 g/mol. The zero-order valence-electron chi connectivity index (χ0n) is 14.1. The van der Waals surface area contributed by atoms with Gasteiger partial charge in [0.2, 0.25) is 5.96 Å². The van der Waals surface area contributed by atoms with Crippen LogP contribution >= 0.6 is 11.9 Å². The first-order chi connectivity index (χ1) is 11.2. The predicted molar refractivity (Wildman–Crippen MR) is 98.9 cm³/mol. The minimum atomic E-state index is 0.280. The maximum atomic E-state index is 4.66. The topological polar surface area (TPSA) is 40.0 Å². The summed E-state index contributed by atoms with van der Waals surface area (Å²) in [6.07, 6.45) is 8.72. The average Bonchev–Trinajstić information content (AvgIpc) is 2.95. The van der Waals surface area contributed by atoms with E-state index in [4.69, 9.17) is 0 Å². The number of hydrogen-bond acceptors (Lipinski definition) is 3. The maximum Gasteiger partial charge on any atom is 0.225 e. The van der Waals surface area contributed by atoms with Crippen LogP contribution < -0.4 is 4.72 Å². The van der Waals surface area contributed by atoms with Gasteiger partial charge in [0.05, 0.1) is 6.54 Å². The molecule has 1 N–H and O–H groups in total. The molecule has 0 unspecified atom stereocenters.